The Morgan fingerprint density at radius 2 is 1.73 bits per heavy atom. The van der Waals surface area contributed by atoms with Crippen molar-refractivity contribution in [2.24, 2.45) is 0 Å². The van der Waals surface area contributed by atoms with E-state index in [0.717, 1.165) is 12.1 Å². The molecule has 1 rings (SSSR count). The third kappa shape index (κ3) is 5.78. The Hall–Kier alpha value is -3.63. The predicted molar refractivity (Wildman–Crippen MR) is 86.9 cm³/mol. The number of nitro benzene ring substituents is 1. The average molecular weight is 367 g/mol. The Morgan fingerprint density at radius 1 is 1.15 bits per heavy atom. The van der Waals surface area contributed by atoms with Gasteiger partial charge in [0.05, 0.1) is 18.1 Å². The van der Waals surface area contributed by atoms with Gasteiger partial charge in [-0.05, 0) is 26.0 Å². The third-order valence-electron chi connectivity index (χ3n) is 2.69. The van der Waals surface area contributed by atoms with Crippen molar-refractivity contribution in [3.05, 3.63) is 46.7 Å². The number of carbonyl (C=O) groups is 3. The van der Waals surface area contributed by atoms with E-state index in [2.05, 4.69) is 11.3 Å². The van der Waals surface area contributed by atoms with Crippen LogP contribution < -0.4 is 10.2 Å². The SMILES string of the molecule is C=C(C(=O)Oc1ccc([N+](=O)[O-])cc1)N(NC(=O)OCC)C(=O)OCC. The maximum Gasteiger partial charge on any atom is 0.433 e. The highest BCUT2D eigenvalue weighted by Crippen LogP contribution is 2.18. The fraction of sp³-hybridized carbons (Fsp3) is 0.267. The Bertz CT molecular complexity index is 701. The number of rotatable bonds is 6. The Labute approximate surface area is 148 Å². The first-order valence-corrected chi connectivity index (χ1v) is 7.35. The average Bonchev–Trinajstić information content (AvgIpc) is 2.60. The van der Waals surface area contributed by atoms with Gasteiger partial charge >= 0.3 is 18.2 Å². The van der Waals surface area contributed by atoms with E-state index >= 15 is 0 Å². The van der Waals surface area contributed by atoms with Gasteiger partial charge < -0.3 is 14.2 Å². The summed E-state index contributed by atoms with van der Waals surface area (Å²) in [5, 5.41) is 11.0. The number of nitro groups is 1. The first kappa shape index (κ1) is 20.4. The van der Waals surface area contributed by atoms with Crippen LogP contribution in [0.4, 0.5) is 15.3 Å². The summed E-state index contributed by atoms with van der Waals surface area (Å²) in [6.07, 6.45) is -2.09. The van der Waals surface area contributed by atoms with Gasteiger partial charge in [-0.1, -0.05) is 6.58 Å². The van der Waals surface area contributed by atoms with Crippen LogP contribution in [0.15, 0.2) is 36.5 Å². The van der Waals surface area contributed by atoms with Crippen molar-refractivity contribution in [3.63, 3.8) is 0 Å². The van der Waals surface area contributed by atoms with E-state index in [0.29, 0.717) is 5.01 Å². The predicted octanol–water partition coefficient (Wildman–Crippen LogP) is 2.13. The van der Waals surface area contributed by atoms with Crippen molar-refractivity contribution in [3.8, 4) is 5.75 Å². The number of non-ortho nitro benzene ring substituents is 1. The minimum atomic E-state index is -1.09. The summed E-state index contributed by atoms with van der Waals surface area (Å²) in [5.41, 5.74) is 1.25. The van der Waals surface area contributed by atoms with Gasteiger partial charge in [-0.25, -0.2) is 19.8 Å². The first-order valence-electron chi connectivity index (χ1n) is 7.35. The molecule has 11 heteroatoms. The summed E-state index contributed by atoms with van der Waals surface area (Å²) >= 11 is 0. The number of benzene rings is 1. The van der Waals surface area contributed by atoms with Crippen molar-refractivity contribution in [1.82, 2.24) is 10.4 Å². The molecule has 1 aromatic carbocycles. The topological polar surface area (TPSA) is 137 Å². The number of carbonyl (C=O) groups excluding carboxylic acids is 3. The molecule has 0 aliphatic heterocycles. The van der Waals surface area contributed by atoms with E-state index in [9.17, 15) is 24.5 Å². The van der Waals surface area contributed by atoms with Crippen LogP contribution in [0, 0.1) is 10.1 Å². The molecule has 0 unspecified atom stereocenters. The smallest absolute Gasteiger partial charge is 0.433 e. The van der Waals surface area contributed by atoms with Gasteiger partial charge in [0.1, 0.15) is 11.4 Å². The van der Waals surface area contributed by atoms with Crippen LogP contribution >= 0.6 is 0 Å². The molecule has 1 aromatic rings. The summed E-state index contributed by atoms with van der Waals surface area (Å²) < 4.78 is 14.3. The number of nitrogens with zero attached hydrogens (tertiary/aromatic N) is 2. The fourth-order valence-corrected chi connectivity index (χ4v) is 1.56. The number of nitrogens with one attached hydrogen (secondary N) is 1. The lowest BCUT2D eigenvalue weighted by Crippen LogP contribution is -2.48. The Kier molecular flexibility index (Phi) is 7.55. The van der Waals surface area contributed by atoms with Crippen molar-refractivity contribution in [2.45, 2.75) is 13.8 Å². The Morgan fingerprint density at radius 3 is 2.23 bits per heavy atom. The zero-order chi connectivity index (χ0) is 19.7. The molecule has 0 radical (unpaired) electrons. The van der Waals surface area contributed by atoms with Crippen molar-refractivity contribution >= 4 is 23.8 Å². The standard InChI is InChI=1S/C15H17N3O8/c1-4-24-14(20)16-17(15(21)25-5-2)10(3)13(19)26-12-8-6-11(7-9-12)18(22)23/h6-9H,3-5H2,1-2H3,(H,16,20). The number of amides is 2. The van der Waals surface area contributed by atoms with Crippen LogP contribution in [-0.4, -0.2) is 41.3 Å². The molecule has 0 aliphatic rings. The molecule has 0 spiro atoms. The highest BCUT2D eigenvalue weighted by molar-refractivity contribution is 5.93. The number of hydrazine groups is 1. The summed E-state index contributed by atoms with van der Waals surface area (Å²) in [4.78, 5) is 45.5. The number of hydrogen-bond acceptors (Lipinski definition) is 8. The van der Waals surface area contributed by atoms with Crippen LogP contribution in [0.25, 0.3) is 0 Å². The minimum Gasteiger partial charge on any atom is -0.449 e. The van der Waals surface area contributed by atoms with Gasteiger partial charge in [-0.15, -0.1) is 0 Å². The molecule has 0 aliphatic carbocycles. The maximum absolute atomic E-state index is 12.1. The molecular weight excluding hydrogens is 350 g/mol. The monoisotopic (exact) mass is 367 g/mol. The summed E-state index contributed by atoms with van der Waals surface area (Å²) in [6.45, 7) is 6.47. The molecule has 0 fully saturated rings. The van der Waals surface area contributed by atoms with E-state index in [-0.39, 0.29) is 24.7 Å². The van der Waals surface area contributed by atoms with Crippen molar-refractivity contribution in [1.29, 1.82) is 0 Å². The number of hydrogen-bond donors (Lipinski definition) is 1. The molecule has 1 N–H and O–H groups in total. The quantitative estimate of drug-likeness (QED) is 0.265. The van der Waals surface area contributed by atoms with E-state index in [1.54, 1.807) is 6.92 Å². The largest absolute Gasteiger partial charge is 0.449 e. The second-order valence-electron chi connectivity index (χ2n) is 4.45. The number of ether oxygens (including phenoxy) is 3. The third-order valence-corrected chi connectivity index (χ3v) is 2.69. The van der Waals surface area contributed by atoms with Gasteiger partial charge in [0.2, 0.25) is 0 Å². The lowest BCUT2D eigenvalue weighted by atomic mass is 10.3. The number of esters is 1. The zero-order valence-corrected chi connectivity index (χ0v) is 14.1. The van der Waals surface area contributed by atoms with Gasteiger partial charge in [-0.2, -0.15) is 5.01 Å². The van der Waals surface area contributed by atoms with Gasteiger partial charge in [-0.3, -0.25) is 10.1 Å². The fourth-order valence-electron chi connectivity index (χ4n) is 1.56. The lowest BCUT2D eigenvalue weighted by Gasteiger charge is -2.22. The first-order chi connectivity index (χ1) is 12.3. The molecular formula is C15H17N3O8. The molecule has 2 amide bonds. The van der Waals surface area contributed by atoms with Crippen LogP contribution in [-0.2, 0) is 14.3 Å². The molecule has 26 heavy (non-hydrogen) atoms. The Balaban J connectivity index is 2.87. The second-order valence-corrected chi connectivity index (χ2v) is 4.45. The van der Waals surface area contributed by atoms with E-state index in [1.165, 1.54) is 19.1 Å². The van der Waals surface area contributed by atoms with E-state index in [1.807, 2.05) is 5.43 Å². The molecule has 0 saturated heterocycles. The van der Waals surface area contributed by atoms with E-state index < -0.39 is 28.8 Å². The molecule has 0 saturated carbocycles. The summed E-state index contributed by atoms with van der Waals surface area (Å²) in [7, 11) is 0. The summed E-state index contributed by atoms with van der Waals surface area (Å²) in [5.74, 6) is -1.12. The highest BCUT2D eigenvalue weighted by atomic mass is 16.6. The summed E-state index contributed by atoms with van der Waals surface area (Å²) in [6, 6.07) is 4.64. The molecule has 0 aromatic heterocycles. The van der Waals surface area contributed by atoms with E-state index in [4.69, 9.17) is 9.47 Å². The van der Waals surface area contributed by atoms with Crippen LogP contribution in [0.5, 0.6) is 5.75 Å². The molecule has 0 bridgehead atoms. The van der Waals surface area contributed by atoms with Crippen LogP contribution in [0.3, 0.4) is 0 Å². The van der Waals surface area contributed by atoms with Gasteiger partial charge in [0, 0.05) is 12.1 Å². The van der Waals surface area contributed by atoms with Gasteiger partial charge in [0.25, 0.3) is 5.69 Å². The normalized spacial score (nSPS) is 9.62. The molecule has 140 valence electrons. The van der Waals surface area contributed by atoms with Crippen molar-refractivity contribution < 1.29 is 33.5 Å². The van der Waals surface area contributed by atoms with Crippen LogP contribution in [0.1, 0.15) is 13.8 Å². The molecule has 0 atom stereocenters. The zero-order valence-electron chi connectivity index (χ0n) is 14.1. The van der Waals surface area contributed by atoms with Crippen LogP contribution in [0.2, 0.25) is 0 Å². The minimum absolute atomic E-state index is 0.0233. The highest BCUT2D eigenvalue weighted by Gasteiger charge is 2.27. The second kappa shape index (κ2) is 9.61. The maximum atomic E-state index is 12.1. The van der Waals surface area contributed by atoms with Crippen molar-refractivity contribution in [2.75, 3.05) is 13.2 Å². The molecule has 0 heterocycles. The molecule has 11 nitrogen and oxygen atoms in total. The van der Waals surface area contributed by atoms with Gasteiger partial charge in [0.15, 0.2) is 0 Å². The lowest BCUT2D eigenvalue weighted by molar-refractivity contribution is -0.384.